The number of nitrogens with one attached hydrogen (secondary N) is 1. The van der Waals surface area contributed by atoms with Crippen LogP contribution in [0, 0.1) is 0 Å². The van der Waals surface area contributed by atoms with Gasteiger partial charge in [-0.25, -0.2) is 4.79 Å². The molecule has 0 saturated carbocycles. The molecule has 1 unspecified atom stereocenters. The van der Waals surface area contributed by atoms with Gasteiger partial charge in [-0.3, -0.25) is 19.5 Å². The number of carbonyl (C=O) groups excluding carboxylic acids is 3. The van der Waals surface area contributed by atoms with Crippen LogP contribution in [-0.4, -0.2) is 68.6 Å². The molecule has 188 valence electrons. The van der Waals surface area contributed by atoms with Gasteiger partial charge in [0.2, 0.25) is 11.8 Å². The number of piperidine rings is 1. The number of allylic oxidation sites excluding steroid dienone is 1. The van der Waals surface area contributed by atoms with Crippen LogP contribution in [0.4, 0.5) is 16.2 Å². The molecule has 1 aromatic rings. The first kappa shape index (κ1) is 24.7. The molecule has 3 aliphatic heterocycles. The number of aliphatic imine (C=N–C) groups is 1. The number of benzene rings is 1. The van der Waals surface area contributed by atoms with Gasteiger partial charge < -0.3 is 25.4 Å². The maximum absolute atomic E-state index is 13.2. The van der Waals surface area contributed by atoms with Crippen molar-refractivity contribution < 1.29 is 23.9 Å². The highest BCUT2D eigenvalue weighted by molar-refractivity contribution is 6.11. The fourth-order valence-corrected chi connectivity index (χ4v) is 4.75. The Kier molecular flexibility index (Phi) is 7.70. The van der Waals surface area contributed by atoms with E-state index in [1.807, 2.05) is 25.1 Å². The van der Waals surface area contributed by atoms with Crippen LogP contribution >= 0.6 is 0 Å². The third-order valence-corrected chi connectivity index (χ3v) is 6.57. The zero-order valence-corrected chi connectivity index (χ0v) is 20.2. The van der Waals surface area contributed by atoms with Crippen molar-refractivity contribution in [2.75, 3.05) is 36.1 Å². The predicted molar refractivity (Wildman–Crippen MR) is 133 cm³/mol. The lowest BCUT2D eigenvalue weighted by Gasteiger charge is -2.41. The second kappa shape index (κ2) is 10.9. The average molecular weight is 484 g/mol. The van der Waals surface area contributed by atoms with Gasteiger partial charge in [-0.15, -0.1) is 0 Å². The second-order valence-electron chi connectivity index (χ2n) is 9.14. The highest BCUT2D eigenvalue weighted by Crippen LogP contribution is 2.38. The Bertz CT molecular complexity index is 1030. The van der Waals surface area contributed by atoms with E-state index in [4.69, 9.17) is 15.2 Å². The number of nitrogens with zero attached hydrogens (tertiary/aromatic N) is 3. The van der Waals surface area contributed by atoms with Crippen LogP contribution < -0.4 is 20.9 Å². The van der Waals surface area contributed by atoms with Crippen LogP contribution in [0.5, 0.6) is 0 Å². The Labute approximate surface area is 205 Å². The summed E-state index contributed by atoms with van der Waals surface area (Å²) in [6, 6.07) is 5.20. The van der Waals surface area contributed by atoms with Gasteiger partial charge in [0.1, 0.15) is 6.10 Å². The Balaban J connectivity index is 1.62. The summed E-state index contributed by atoms with van der Waals surface area (Å²) >= 11 is 0. The fourth-order valence-electron chi connectivity index (χ4n) is 4.75. The van der Waals surface area contributed by atoms with Gasteiger partial charge in [-0.05, 0) is 31.0 Å². The van der Waals surface area contributed by atoms with Crippen LogP contribution in [0.25, 0.3) is 5.57 Å². The molecular weight excluding hydrogens is 450 g/mol. The van der Waals surface area contributed by atoms with Crippen LogP contribution in [-0.2, 0) is 19.1 Å². The highest BCUT2D eigenvalue weighted by Gasteiger charge is 2.35. The monoisotopic (exact) mass is 483 g/mol. The summed E-state index contributed by atoms with van der Waals surface area (Å²) in [6.45, 7) is 5.48. The van der Waals surface area contributed by atoms with Crippen molar-refractivity contribution >= 4 is 41.1 Å². The maximum atomic E-state index is 13.2. The van der Waals surface area contributed by atoms with Gasteiger partial charge >= 0.3 is 6.09 Å². The molecular formula is C25H33N5O5. The molecule has 0 aliphatic carbocycles. The molecule has 3 N–H and O–H groups in total. The molecule has 3 amide bonds. The van der Waals surface area contributed by atoms with Crippen LogP contribution in [0.1, 0.15) is 45.1 Å². The normalized spacial score (nSPS) is 23.7. The van der Waals surface area contributed by atoms with Gasteiger partial charge in [0.25, 0.3) is 0 Å². The molecule has 2 saturated heterocycles. The summed E-state index contributed by atoms with van der Waals surface area (Å²) in [5, 5.41) is 2.80. The zero-order valence-electron chi connectivity index (χ0n) is 20.2. The molecule has 3 heterocycles. The highest BCUT2D eigenvalue weighted by atomic mass is 16.6. The van der Waals surface area contributed by atoms with Crippen molar-refractivity contribution in [1.29, 1.82) is 0 Å². The van der Waals surface area contributed by atoms with E-state index in [0.29, 0.717) is 62.5 Å². The van der Waals surface area contributed by atoms with Crippen molar-refractivity contribution in [3.8, 4) is 0 Å². The number of amides is 3. The van der Waals surface area contributed by atoms with Gasteiger partial charge in [0.15, 0.2) is 0 Å². The maximum Gasteiger partial charge on any atom is 0.414 e. The van der Waals surface area contributed by atoms with Crippen molar-refractivity contribution in [2.24, 2.45) is 10.7 Å². The number of nitrogens with two attached hydrogens (primary N) is 1. The number of rotatable bonds is 4. The molecule has 1 aromatic carbocycles. The lowest BCUT2D eigenvalue weighted by molar-refractivity contribution is -0.122. The number of ether oxygens (including phenoxy) is 2. The summed E-state index contributed by atoms with van der Waals surface area (Å²) in [5.74, 6) is -0.113. The molecule has 0 radical (unpaired) electrons. The van der Waals surface area contributed by atoms with E-state index in [1.54, 1.807) is 16.0 Å². The molecule has 0 bridgehead atoms. The minimum atomic E-state index is -0.439. The molecule has 0 spiro atoms. The van der Waals surface area contributed by atoms with Crippen LogP contribution in [0.2, 0.25) is 0 Å². The van der Waals surface area contributed by atoms with E-state index in [2.05, 4.69) is 10.3 Å². The van der Waals surface area contributed by atoms with Gasteiger partial charge in [-0.1, -0.05) is 6.07 Å². The Hall–Kier alpha value is -3.40. The molecule has 0 aromatic heterocycles. The lowest BCUT2D eigenvalue weighted by atomic mass is 10.0. The summed E-state index contributed by atoms with van der Waals surface area (Å²) < 4.78 is 11.2. The summed E-state index contributed by atoms with van der Waals surface area (Å²) in [5.41, 5.74) is 8.55. The number of hydrogen-bond donors (Lipinski definition) is 2. The largest absolute Gasteiger partial charge is 0.446 e. The standard InChI is InChI=1S/C25H33N5O5/c1-16-15-29(25(33)35-21-6-9-34-10-7-21)23-11-18(3-4-22(23)30(16)17(2)31)19(13-26)14-28-20-5-8-27-24(32)12-20/h3-4,11,13-14,16,20-21H,5-10,12,15,26H2,1-2H3,(H,27,32)/b19-13+,28-14?/t16-,20?/m0/s1. The first-order valence-corrected chi connectivity index (χ1v) is 12.1. The van der Waals surface area contributed by atoms with Crippen LogP contribution in [0.3, 0.4) is 0 Å². The lowest BCUT2D eigenvalue weighted by Crippen LogP contribution is -2.52. The van der Waals surface area contributed by atoms with E-state index in [9.17, 15) is 14.4 Å². The quantitative estimate of drug-likeness (QED) is 0.633. The number of carbonyl (C=O) groups is 3. The molecule has 10 heteroatoms. The average Bonchev–Trinajstić information content (AvgIpc) is 2.84. The topological polar surface area (TPSA) is 127 Å². The van der Waals surface area contributed by atoms with Crippen molar-refractivity contribution in [1.82, 2.24) is 5.32 Å². The SMILES string of the molecule is CC(=O)N1c2ccc(/C(C=NC3CCNC(=O)C3)=C/N)cc2N(C(=O)OC2CCOCC2)C[C@@H]1C. The zero-order chi connectivity index (χ0) is 24.9. The number of hydrogen-bond acceptors (Lipinski definition) is 7. The smallest absolute Gasteiger partial charge is 0.414 e. The van der Waals surface area contributed by atoms with Gasteiger partial charge in [-0.2, -0.15) is 0 Å². The fraction of sp³-hybridized carbons (Fsp3) is 0.520. The summed E-state index contributed by atoms with van der Waals surface area (Å²) in [7, 11) is 0. The minimum Gasteiger partial charge on any atom is -0.446 e. The predicted octanol–water partition coefficient (Wildman–Crippen LogP) is 2.21. The Morgan fingerprint density at radius 3 is 2.69 bits per heavy atom. The first-order valence-electron chi connectivity index (χ1n) is 12.1. The first-order chi connectivity index (χ1) is 16.9. The third kappa shape index (κ3) is 5.64. The Morgan fingerprint density at radius 1 is 1.23 bits per heavy atom. The number of anilines is 2. The molecule has 4 rings (SSSR count). The Morgan fingerprint density at radius 2 is 2.00 bits per heavy atom. The van der Waals surface area contributed by atoms with Gasteiger partial charge in [0, 0.05) is 57.3 Å². The molecule has 10 nitrogen and oxygen atoms in total. The van der Waals surface area contributed by atoms with E-state index >= 15 is 0 Å². The van der Waals surface area contributed by atoms with Crippen LogP contribution in [0.15, 0.2) is 29.4 Å². The molecule has 2 fully saturated rings. The van der Waals surface area contributed by atoms with E-state index in [1.165, 1.54) is 13.1 Å². The van der Waals surface area contributed by atoms with E-state index < -0.39 is 6.09 Å². The molecule has 35 heavy (non-hydrogen) atoms. The summed E-state index contributed by atoms with van der Waals surface area (Å²) in [6.07, 6.45) is 4.93. The minimum absolute atomic E-state index is 0.0115. The van der Waals surface area contributed by atoms with E-state index in [0.717, 1.165) is 12.0 Å². The van der Waals surface area contributed by atoms with Crippen molar-refractivity contribution in [3.63, 3.8) is 0 Å². The molecule has 3 aliphatic rings. The summed E-state index contributed by atoms with van der Waals surface area (Å²) in [4.78, 5) is 45.2. The van der Waals surface area contributed by atoms with E-state index in [-0.39, 0.29) is 30.0 Å². The van der Waals surface area contributed by atoms with Crippen molar-refractivity contribution in [3.05, 3.63) is 30.0 Å². The van der Waals surface area contributed by atoms with Crippen molar-refractivity contribution in [2.45, 2.75) is 57.7 Å². The number of fused-ring (bicyclic) bond motifs is 1. The molecule has 2 atom stereocenters. The van der Waals surface area contributed by atoms with Gasteiger partial charge in [0.05, 0.1) is 36.7 Å². The third-order valence-electron chi connectivity index (χ3n) is 6.57. The second-order valence-corrected chi connectivity index (χ2v) is 9.14.